The highest BCUT2D eigenvalue weighted by Crippen LogP contribution is 2.36. The summed E-state index contributed by atoms with van der Waals surface area (Å²) in [6.45, 7) is 0. The molecule has 0 spiro atoms. The highest BCUT2D eigenvalue weighted by Gasteiger charge is 2.41. The molecule has 0 saturated carbocycles. The lowest BCUT2D eigenvalue weighted by atomic mass is 9.98. The number of aromatic nitrogens is 1. The summed E-state index contributed by atoms with van der Waals surface area (Å²) in [7, 11) is -2.69. The third-order valence-corrected chi connectivity index (χ3v) is 14.5. The van der Waals surface area contributed by atoms with Gasteiger partial charge in [0.15, 0.2) is 8.07 Å². The normalized spacial score (nSPS) is 11.1. The Hall–Kier alpha value is -6.97. The smallest absolute Gasteiger partial charge is 0.179 e. The average molecular weight is 653 g/mol. The molecule has 8 aromatic rings. The van der Waals surface area contributed by atoms with Crippen LogP contribution in [0, 0.1) is 34.0 Å². The van der Waals surface area contributed by atoms with E-state index in [9.17, 15) is 15.8 Å². The van der Waals surface area contributed by atoms with Crippen molar-refractivity contribution < 1.29 is 0 Å². The van der Waals surface area contributed by atoms with Gasteiger partial charge in [0.25, 0.3) is 0 Å². The summed E-state index contributed by atoms with van der Waals surface area (Å²) in [6.07, 6.45) is 0. The summed E-state index contributed by atoms with van der Waals surface area (Å²) in [6, 6.07) is 65.3. The monoisotopic (exact) mass is 652 g/mol. The van der Waals surface area contributed by atoms with Crippen molar-refractivity contribution >= 4 is 50.6 Å². The van der Waals surface area contributed by atoms with Crippen molar-refractivity contribution in [3.05, 3.63) is 187 Å². The molecule has 0 aliphatic heterocycles. The van der Waals surface area contributed by atoms with Gasteiger partial charge < -0.3 is 4.57 Å². The molecule has 0 fully saturated rings. The van der Waals surface area contributed by atoms with Gasteiger partial charge in [-0.3, -0.25) is 0 Å². The molecule has 0 amide bonds. The summed E-state index contributed by atoms with van der Waals surface area (Å²) in [5, 5.41) is 36.9. The van der Waals surface area contributed by atoms with Crippen LogP contribution in [0.5, 0.6) is 0 Å². The van der Waals surface area contributed by atoms with Gasteiger partial charge in [0.05, 0.1) is 45.5 Å². The van der Waals surface area contributed by atoms with Crippen LogP contribution in [0.2, 0.25) is 0 Å². The zero-order chi connectivity index (χ0) is 34.1. The van der Waals surface area contributed by atoms with E-state index in [1.807, 2.05) is 42.5 Å². The second-order valence-electron chi connectivity index (χ2n) is 12.3. The Labute approximate surface area is 291 Å². The van der Waals surface area contributed by atoms with Crippen molar-refractivity contribution in [1.82, 2.24) is 4.57 Å². The summed E-state index contributed by atoms with van der Waals surface area (Å²) in [5.41, 5.74) is 5.87. The number of nitrogens with zero attached hydrogens (tertiary/aromatic N) is 4. The number of benzene rings is 7. The molecule has 0 unspecified atom stereocenters. The first-order chi connectivity index (χ1) is 24.7. The fourth-order valence-electron chi connectivity index (χ4n) is 7.47. The molecule has 232 valence electrons. The highest BCUT2D eigenvalue weighted by molar-refractivity contribution is 7.19. The van der Waals surface area contributed by atoms with E-state index >= 15 is 0 Å². The second kappa shape index (κ2) is 12.6. The van der Waals surface area contributed by atoms with Crippen LogP contribution in [0.4, 0.5) is 0 Å². The first-order valence-electron chi connectivity index (χ1n) is 16.4. The Morgan fingerprint density at radius 1 is 0.420 bits per heavy atom. The summed E-state index contributed by atoms with van der Waals surface area (Å²) in [4.78, 5) is 0. The van der Waals surface area contributed by atoms with Crippen molar-refractivity contribution in [3.8, 4) is 35.0 Å². The van der Waals surface area contributed by atoms with Gasteiger partial charge in [0.2, 0.25) is 0 Å². The minimum Gasteiger partial charge on any atom is -0.308 e. The minimum absolute atomic E-state index is 0.536. The minimum atomic E-state index is -2.69. The maximum Gasteiger partial charge on any atom is 0.179 e. The molecule has 1 aromatic heterocycles. The largest absolute Gasteiger partial charge is 0.308 e. The van der Waals surface area contributed by atoms with Crippen molar-refractivity contribution in [2.45, 2.75) is 0 Å². The summed E-state index contributed by atoms with van der Waals surface area (Å²) in [5.74, 6) is 0. The second-order valence-corrected chi connectivity index (χ2v) is 16.1. The quantitative estimate of drug-likeness (QED) is 0.138. The fourth-order valence-corrected chi connectivity index (χ4v) is 12.2. The molecule has 4 nitrogen and oxygen atoms in total. The van der Waals surface area contributed by atoms with Crippen molar-refractivity contribution in [2.75, 3.05) is 0 Å². The van der Waals surface area contributed by atoms with Gasteiger partial charge in [-0.2, -0.15) is 15.8 Å². The van der Waals surface area contributed by atoms with Crippen LogP contribution in [0.25, 0.3) is 38.6 Å². The molecule has 5 heteroatoms. The molecule has 0 atom stereocenters. The lowest BCUT2D eigenvalue weighted by molar-refractivity contribution is 1.17. The number of hydrogen-bond acceptors (Lipinski definition) is 3. The summed E-state index contributed by atoms with van der Waals surface area (Å²) < 4.78 is 2.07. The van der Waals surface area contributed by atoms with Gasteiger partial charge in [0, 0.05) is 16.3 Å². The highest BCUT2D eigenvalue weighted by atomic mass is 28.3. The van der Waals surface area contributed by atoms with Crippen LogP contribution in [0.1, 0.15) is 16.7 Å². The Morgan fingerprint density at radius 3 is 1.32 bits per heavy atom. The Morgan fingerprint density at radius 2 is 0.880 bits per heavy atom. The van der Waals surface area contributed by atoms with Crippen LogP contribution < -0.4 is 20.7 Å². The number of hydrogen-bond donors (Lipinski definition) is 0. The maximum absolute atomic E-state index is 10.8. The number of fused-ring (bicyclic) bond motifs is 3. The Bertz CT molecular complexity index is 2490. The third kappa shape index (κ3) is 4.80. The lowest BCUT2D eigenvalue weighted by Crippen LogP contribution is -2.74. The predicted octanol–water partition coefficient (Wildman–Crippen LogP) is 7.44. The first-order valence-corrected chi connectivity index (χ1v) is 18.4. The van der Waals surface area contributed by atoms with Gasteiger partial charge >= 0.3 is 0 Å². The summed E-state index contributed by atoms with van der Waals surface area (Å²) >= 11 is 0. The molecule has 0 aliphatic rings. The third-order valence-electron chi connectivity index (χ3n) is 9.67. The fraction of sp³-hybridized carbons (Fsp3) is 0. The van der Waals surface area contributed by atoms with E-state index in [1.165, 1.54) is 20.7 Å². The average Bonchev–Trinajstić information content (AvgIpc) is 3.52. The van der Waals surface area contributed by atoms with Crippen molar-refractivity contribution in [1.29, 1.82) is 15.8 Å². The predicted molar refractivity (Wildman–Crippen MR) is 204 cm³/mol. The topological polar surface area (TPSA) is 76.3 Å². The molecule has 0 aliphatic carbocycles. The van der Waals surface area contributed by atoms with Crippen molar-refractivity contribution in [3.63, 3.8) is 0 Å². The van der Waals surface area contributed by atoms with Crippen LogP contribution in [0.3, 0.4) is 0 Å². The maximum atomic E-state index is 10.8. The van der Waals surface area contributed by atoms with E-state index in [-0.39, 0.29) is 0 Å². The van der Waals surface area contributed by atoms with Gasteiger partial charge in [0.1, 0.15) is 6.07 Å². The molecule has 0 saturated heterocycles. The molecule has 0 bridgehead atoms. The first kappa shape index (κ1) is 30.4. The number of rotatable bonds is 6. The van der Waals surface area contributed by atoms with E-state index in [4.69, 9.17) is 0 Å². The standard InChI is InChI=1S/C45H28N4Si/c46-29-32-19-25-44-40(27-32)41-28-33(30-47)20-26-45(41)49(44)43-18-10-17-39(42(43)31-48)34-21-23-38(24-22-34)50(35-11-4-1-5-12-35,36-13-6-2-7-14-36)37-15-8-3-9-16-37/h1-28H. The van der Waals surface area contributed by atoms with E-state index in [0.717, 1.165) is 38.6 Å². The van der Waals surface area contributed by atoms with E-state index in [0.29, 0.717) is 16.7 Å². The van der Waals surface area contributed by atoms with E-state index in [2.05, 4.69) is 138 Å². The van der Waals surface area contributed by atoms with E-state index < -0.39 is 8.07 Å². The zero-order valence-electron chi connectivity index (χ0n) is 27.0. The molecular weight excluding hydrogens is 625 g/mol. The molecule has 0 N–H and O–H groups in total. The van der Waals surface area contributed by atoms with Crippen LogP contribution in [-0.4, -0.2) is 12.6 Å². The van der Waals surface area contributed by atoms with Crippen LogP contribution in [0.15, 0.2) is 170 Å². The lowest BCUT2D eigenvalue weighted by Gasteiger charge is -2.34. The molecule has 7 aromatic carbocycles. The molecule has 50 heavy (non-hydrogen) atoms. The molecule has 8 rings (SSSR count). The molecular formula is C45H28N4Si. The van der Waals surface area contributed by atoms with Crippen molar-refractivity contribution in [2.24, 2.45) is 0 Å². The number of nitriles is 3. The van der Waals surface area contributed by atoms with Crippen LogP contribution >= 0.6 is 0 Å². The van der Waals surface area contributed by atoms with Gasteiger partial charge in [-0.15, -0.1) is 0 Å². The zero-order valence-corrected chi connectivity index (χ0v) is 28.0. The Kier molecular flexibility index (Phi) is 7.63. The van der Waals surface area contributed by atoms with Gasteiger partial charge in [-0.1, -0.05) is 127 Å². The van der Waals surface area contributed by atoms with Gasteiger partial charge in [-0.05, 0) is 68.8 Å². The van der Waals surface area contributed by atoms with Gasteiger partial charge in [-0.25, -0.2) is 0 Å². The SMILES string of the molecule is N#Cc1ccc2c(c1)c1cc(C#N)ccc1n2-c1cccc(-c2ccc([Si](c3ccccc3)(c3ccccc3)c3ccccc3)cc2)c1C#N. The molecule has 0 radical (unpaired) electrons. The van der Waals surface area contributed by atoms with Crippen LogP contribution in [-0.2, 0) is 0 Å². The Balaban J connectivity index is 1.33. The molecule has 1 heterocycles. The van der Waals surface area contributed by atoms with E-state index in [1.54, 1.807) is 12.1 Å².